The lowest BCUT2D eigenvalue weighted by Crippen LogP contribution is -2.33. The van der Waals surface area contributed by atoms with Crippen molar-refractivity contribution >= 4 is 23.2 Å². The van der Waals surface area contributed by atoms with Gasteiger partial charge in [-0.3, -0.25) is 0 Å². The summed E-state index contributed by atoms with van der Waals surface area (Å²) in [5.74, 6) is 0. The van der Waals surface area contributed by atoms with Crippen LogP contribution in [-0.2, 0) is 6.42 Å². The molecule has 0 heterocycles. The van der Waals surface area contributed by atoms with Gasteiger partial charge in [0.2, 0.25) is 0 Å². The molecule has 0 amide bonds. The van der Waals surface area contributed by atoms with Crippen molar-refractivity contribution in [3.05, 3.63) is 33.8 Å². The summed E-state index contributed by atoms with van der Waals surface area (Å²) in [7, 11) is 0. The predicted octanol–water partition coefficient (Wildman–Crippen LogP) is 4.95. The van der Waals surface area contributed by atoms with E-state index in [0.717, 1.165) is 25.9 Å². The maximum Gasteiger partial charge on any atom is 0.0595 e. The van der Waals surface area contributed by atoms with E-state index in [1.54, 1.807) is 0 Å². The lowest BCUT2D eigenvalue weighted by atomic mass is 9.81. The number of hydrogen-bond donors (Lipinski definition) is 1. The van der Waals surface area contributed by atoms with Crippen molar-refractivity contribution < 1.29 is 0 Å². The van der Waals surface area contributed by atoms with Crippen LogP contribution in [0.3, 0.4) is 0 Å². The Morgan fingerprint density at radius 2 is 1.89 bits per heavy atom. The molecule has 3 heteroatoms. The summed E-state index contributed by atoms with van der Waals surface area (Å²) in [6, 6.07) is 5.94. The molecule has 1 nitrogen and oxygen atoms in total. The van der Waals surface area contributed by atoms with E-state index in [4.69, 9.17) is 23.2 Å². The molecule has 0 aromatic heterocycles. The third-order valence-electron chi connectivity index (χ3n) is 3.45. The van der Waals surface area contributed by atoms with Gasteiger partial charge in [-0.1, -0.05) is 50.0 Å². The standard InChI is InChI=1S/C15H23Cl2N/c1-4-8-18-11-15(3,5-2)10-12-6-7-13(16)14(17)9-12/h6-7,9,18H,4-5,8,10-11H2,1-3H3. The van der Waals surface area contributed by atoms with Crippen LogP contribution in [-0.4, -0.2) is 13.1 Å². The molecule has 0 bridgehead atoms. The maximum absolute atomic E-state index is 6.07. The Kier molecular flexibility index (Phi) is 6.48. The lowest BCUT2D eigenvalue weighted by Gasteiger charge is -2.29. The molecule has 1 atom stereocenters. The summed E-state index contributed by atoms with van der Waals surface area (Å²) in [4.78, 5) is 0. The molecular weight excluding hydrogens is 265 g/mol. The summed E-state index contributed by atoms with van der Waals surface area (Å²) < 4.78 is 0. The topological polar surface area (TPSA) is 12.0 Å². The van der Waals surface area contributed by atoms with Gasteiger partial charge in [0.05, 0.1) is 10.0 Å². The molecule has 0 aliphatic rings. The largest absolute Gasteiger partial charge is 0.316 e. The van der Waals surface area contributed by atoms with Crippen LogP contribution in [0.25, 0.3) is 0 Å². The summed E-state index contributed by atoms with van der Waals surface area (Å²) in [6.45, 7) is 8.87. The highest BCUT2D eigenvalue weighted by Gasteiger charge is 2.22. The molecule has 0 saturated carbocycles. The maximum atomic E-state index is 6.07. The Hall–Kier alpha value is -0.240. The highest BCUT2D eigenvalue weighted by Crippen LogP contribution is 2.29. The van der Waals surface area contributed by atoms with Crippen molar-refractivity contribution in [2.75, 3.05) is 13.1 Å². The zero-order valence-electron chi connectivity index (χ0n) is 11.5. The average molecular weight is 288 g/mol. The highest BCUT2D eigenvalue weighted by atomic mass is 35.5. The minimum Gasteiger partial charge on any atom is -0.316 e. The molecule has 0 spiro atoms. The molecule has 1 rings (SSSR count). The fraction of sp³-hybridized carbons (Fsp3) is 0.600. The van der Waals surface area contributed by atoms with Crippen LogP contribution in [0.1, 0.15) is 39.2 Å². The van der Waals surface area contributed by atoms with Crippen LogP contribution in [0, 0.1) is 5.41 Å². The number of nitrogens with one attached hydrogen (secondary N) is 1. The van der Waals surface area contributed by atoms with Gasteiger partial charge in [0.25, 0.3) is 0 Å². The zero-order chi connectivity index (χ0) is 13.6. The van der Waals surface area contributed by atoms with Gasteiger partial charge in [-0.2, -0.15) is 0 Å². The van der Waals surface area contributed by atoms with Crippen molar-refractivity contribution in [2.45, 2.75) is 40.0 Å². The molecule has 0 saturated heterocycles. The molecule has 1 aromatic carbocycles. The second-order valence-electron chi connectivity index (χ2n) is 5.27. The number of rotatable bonds is 7. The van der Waals surface area contributed by atoms with Crippen LogP contribution in [0.15, 0.2) is 18.2 Å². The first kappa shape index (κ1) is 15.8. The average Bonchev–Trinajstić information content (AvgIpc) is 2.34. The zero-order valence-corrected chi connectivity index (χ0v) is 13.0. The van der Waals surface area contributed by atoms with E-state index < -0.39 is 0 Å². The van der Waals surface area contributed by atoms with Gasteiger partial charge < -0.3 is 5.32 Å². The van der Waals surface area contributed by atoms with Crippen LogP contribution >= 0.6 is 23.2 Å². The summed E-state index contributed by atoms with van der Waals surface area (Å²) in [5.41, 5.74) is 1.53. The van der Waals surface area contributed by atoms with E-state index in [9.17, 15) is 0 Å². The van der Waals surface area contributed by atoms with E-state index in [2.05, 4.69) is 32.2 Å². The van der Waals surface area contributed by atoms with Crippen molar-refractivity contribution in [1.82, 2.24) is 5.32 Å². The molecule has 0 radical (unpaired) electrons. The van der Waals surface area contributed by atoms with Crippen molar-refractivity contribution in [1.29, 1.82) is 0 Å². The summed E-state index contributed by atoms with van der Waals surface area (Å²) >= 11 is 12.0. The van der Waals surface area contributed by atoms with Gasteiger partial charge in [-0.05, 0) is 48.9 Å². The molecule has 1 N–H and O–H groups in total. The third-order valence-corrected chi connectivity index (χ3v) is 4.19. The Morgan fingerprint density at radius 3 is 2.44 bits per heavy atom. The fourth-order valence-corrected chi connectivity index (χ4v) is 2.34. The minimum absolute atomic E-state index is 0.270. The summed E-state index contributed by atoms with van der Waals surface area (Å²) in [6.07, 6.45) is 3.34. The van der Waals surface area contributed by atoms with Crippen LogP contribution < -0.4 is 5.32 Å². The van der Waals surface area contributed by atoms with Gasteiger partial charge in [0, 0.05) is 6.54 Å². The fourth-order valence-electron chi connectivity index (χ4n) is 2.02. The molecule has 0 aliphatic carbocycles. The van der Waals surface area contributed by atoms with Crippen LogP contribution in [0.2, 0.25) is 10.0 Å². The first-order valence-electron chi connectivity index (χ1n) is 6.65. The van der Waals surface area contributed by atoms with Gasteiger partial charge in [-0.15, -0.1) is 0 Å². The normalized spacial score (nSPS) is 14.5. The first-order chi connectivity index (χ1) is 8.50. The first-order valence-corrected chi connectivity index (χ1v) is 7.41. The number of benzene rings is 1. The Labute approximate surface area is 121 Å². The second-order valence-corrected chi connectivity index (χ2v) is 6.08. The quantitative estimate of drug-likeness (QED) is 0.700. The van der Waals surface area contributed by atoms with Crippen molar-refractivity contribution in [3.8, 4) is 0 Å². The number of halogens is 2. The summed E-state index contributed by atoms with van der Waals surface area (Å²) in [5, 5.41) is 4.79. The Morgan fingerprint density at radius 1 is 1.17 bits per heavy atom. The van der Waals surface area contributed by atoms with E-state index in [-0.39, 0.29) is 5.41 Å². The molecule has 0 aliphatic heterocycles. The molecule has 18 heavy (non-hydrogen) atoms. The SMILES string of the molecule is CCCNCC(C)(CC)Cc1ccc(Cl)c(Cl)c1. The molecule has 0 fully saturated rings. The Bertz CT molecular complexity index is 379. The lowest BCUT2D eigenvalue weighted by molar-refractivity contribution is 0.291. The third kappa shape index (κ3) is 4.79. The minimum atomic E-state index is 0.270. The smallest absolute Gasteiger partial charge is 0.0595 e. The van der Waals surface area contributed by atoms with Gasteiger partial charge in [-0.25, -0.2) is 0 Å². The van der Waals surface area contributed by atoms with Crippen molar-refractivity contribution in [3.63, 3.8) is 0 Å². The van der Waals surface area contributed by atoms with E-state index >= 15 is 0 Å². The highest BCUT2D eigenvalue weighted by molar-refractivity contribution is 6.42. The van der Waals surface area contributed by atoms with Crippen molar-refractivity contribution in [2.24, 2.45) is 5.41 Å². The predicted molar refractivity (Wildman–Crippen MR) is 81.7 cm³/mol. The van der Waals surface area contributed by atoms with E-state index in [1.807, 2.05) is 12.1 Å². The van der Waals surface area contributed by atoms with E-state index in [0.29, 0.717) is 10.0 Å². The van der Waals surface area contributed by atoms with Gasteiger partial charge in [0.15, 0.2) is 0 Å². The van der Waals surface area contributed by atoms with E-state index in [1.165, 1.54) is 12.0 Å². The molecule has 1 aromatic rings. The number of hydrogen-bond acceptors (Lipinski definition) is 1. The van der Waals surface area contributed by atoms with Gasteiger partial charge in [0.1, 0.15) is 0 Å². The molecular formula is C15H23Cl2N. The van der Waals surface area contributed by atoms with Crippen LogP contribution in [0.5, 0.6) is 0 Å². The van der Waals surface area contributed by atoms with Crippen LogP contribution in [0.4, 0.5) is 0 Å². The molecule has 102 valence electrons. The molecule has 1 unspecified atom stereocenters. The second kappa shape index (κ2) is 7.37. The van der Waals surface area contributed by atoms with Gasteiger partial charge >= 0.3 is 0 Å². The Balaban J connectivity index is 2.68. The monoisotopic (exact) mass is 287 g/mol.